The van der Waals surface area contributed by atoms with Crippen LogP contribution in [0, 0.1) is 11.6 Å². The smallest absolute Gasteiger partial charge is 0.135 e. The minimum absolute atomic E-state index is 0.110. The van der Waals surface area contributed by atoms with E-state index in [1.165, 1.54) is 18.2 Å². The van der Waals surface area contributed by atoms with Crippen LogP contribution < -0.4 is 0 Å². The van der Waals surface area contributed by atoms with Crippen LogP contribution in [0.15, 0.2) is 48.8 Å². The van der Waals surface area contributed by atoms with Gasteiger partial charge in [0, 0.05) is 17.8 Å². The van der Waals surface area contributed by atoms with Crippen molar-refractivity contribution in [1.82, 2.24) is 15.2 Å². The lowest BCUT2D eigenvalue weighted by Gasteiger charge is -2.40. The third-order valence-corrected chi connectivity index (χ3v) is 6.17. The van der Waals surface area contributed by atoms with Crippen LogP contribution >= 0.6 is 0 Å². The van der Waals surface area contributed by atoms with Crippen molar-refractivity contribution >= 4 is 0 Å². The molecule has 0 spiro atoms. The Hall–Kier alpha value is -2.69. The summed E-state index contributed by atoms with van der Waals surface area (Å²) in [6.07, 6.45) is 7.43. The maximum Gasteiger partial charge on any atom is 0.135 e. The lowest BCUT2D eigenvalue weighted by molar-refractivity contribution is 0.360. The van der Waals surface area contributed by atoms with Crippen LogP contribution in [0.2, 0.25) is 0 Å². The van der Waals surface area contributed by atoms with Crippen LogP contribution in [-0.2, 0) is 5.41 Å². The number of halogens is 2. The first-order valence-corrected chi connectivity index (χ1v) is 9.83. The van der Waals surface area contributed by atoms with Crippen molar-refractivity contribution in [3.05, 3.63) is 77.2 Å². The van der Waals surface area contributed by atoms with E-state index in [1.54, 1.807) is 6.20 Å². The van der Waals surface area contributed by atoms with E-state index in [9.17, 15) is 8.78 Å². The van der Waals surface area contributed by atoms with Crippen molar-refractivity contribution in [3.8, 4) is 11.3 Å². The maximum absolute atomic E-state index is 14.3. The topological polar surface area (TPSA) is 38.7 Å². The summed E-state index contributed by atoms with van der Waals surface area (Å²) in [6, 6.07) is 9.73. The van der Waals surface area contributed by atoms with Gasteiger partial charge in [0.15, 0.2) is 0 Å². The van der Waals surface area contributed by atoms with Gasteiger partial charge in [-0.15, -0.1) is 5.10 Å². The van der Waals surface area contributed by atoms with Gasteiger partial charge >= 0.3 is 0 Å². The Kier molecular flexibility index (Phi) is 4.92. The molecule has 2 heterocycles. The predicted molar refractivity (Wildman–Crippen MR) is 105 cm³/mol. The molecule has 1 aliphatic rings. The van der Waals surface area contributed by atoms with E-state index in [4.69, 9.17) is 0 Å². The lowest BCUT2D eigenvalue weighted by Crippen LogP contribution is -2.35. The SMILES string of the molecule is CC[C@H]1CC[C@](CC)(c2cccnc2)c2nnc(-c3c(F)cccc3F)cc21. The average Bonchev–Trinajstić information content (AvgIpc) is 2.73. The molecule has 0 radical (unpaired) electrons. The van der Waals surface area contributed by atoms with Crippen LogP contribution in [0.1, 0.15) is 62.3 Å². The number of hydrogen-bond acceptors (Lipinski definition) is 3. The molecule has 2 aromatic heterocycles. The molecule has 1 aliphatic carbocycles. The zero-order valence-corrected chi connectivity index (χ0v) is 16.1. The van der Waals surface area contributed by atoms with Crippen LogP contribution in [0.4, 0.5) is 8.78 Å². The Balaban J connectivity index is 1.92. The Morgan fingerprint density at radius 2 is 1.86 bits per heavy atom. The molecule has 0 saturated heterocycles. The molecule has 4 rings (SSSR count). The molecular weight excluding hydrogens is 356 g/mol. The highest BCUT2D eigenvalue weighted by molar-refractivity contribution is 5.62. The summed E-state index contributed by atoms with van der Waals surface area (Å²) >= 11 is 0. The van der Waals surface area contributed by atoms with E-state index in [0.29, 0.717) is 5.92 Å². The van der Waals surface area contributed by atoms with Crippen LogP contribution in [0.25, 0.3) is 11.3 Å². The fraction of sp³-hybridized carbons (Fsp3) is 0.348. The zero-order valence-electron chi connectivity index (χ0n) is 16.1. The molecule has 1 aromatic carbocycles. The summed E-state index contributed by atoms with van der Waals surface area (Å²) in [6.45, 7) is 4.29. The van der Waals surface area contributed by atoms with Gasteiger partial charge in [-0.1, -0.05) is 26.0 Å². The first-order valence-electron chi connectivity index (χ1n) is 9.83. The summed E-state index contributed by atoms with van der Waals surface area (Å²) in [5.74, 6) is -0.935. The van der Waals surface area contributed by atoms with Crippen molar-refractivity contribution in [2.45, 2.75) is 50.9 Å². The van der Waals surface area contributed by atoms with Gasteiger partial charge < -0.3 is 0 Å². The van der Waals surface area contributed by atoms with E-state index in [0.717, 1.165) is 42.5 Å². The summed E-state index contributed by atoms with van der Waals surface area (Å²) < 4.78 is 28.6. The van der Waals surface area contributed by atoms with Gasteiger partial charge in [-0.25, -0.2) is 8.78 Å². The summed E-state index contributed by atoms with van der Waals surface area (Å²) in [5, 5.41) is 8.84. The molecular formula is C23H23F2N3. The first-order chi connectivity index (χ1) is 13.6. The molecule has 0 amide bonds. The first kappa shape index (κ1) is 18.7. The summed E-state index contributed by atoms with van der Waals surface area (Å²) in [7, 11) is 0. The van der Waals surface area contributed by atoms with Crippen molar-refractivity contribution in [3.63, 3.8) is 0 Å². The van der Waals surface area contributed by atoms with Crippen LogP contribution in [0.5, 0.6) is 0 Å². The van der Waals surface area contributed by atoms with Crippen molar-refractivity contribution in [2.24, 2.45) is 0 Å². The number of hydrogen-bond donors (Lipinski definition) is 0. The second-order valence-electron chi connectivity index (χ2n) is 7.45. The van der Waals surface area contributed by atoms with Crippen LogP contribution in [-0.4, -0.2) is 15.2 Å². The third-order valence-electron chi connectivity index (χ3n) is 6.17. The summed E-state index contributed by atoms with van der Waals surface area (Å²) in [4.78, 5) is 4.31. The van der Waals surface area contributed by atoms with Gasteiger partial charge in [0.05, 0.1) is 17.0 Å². The second kappa shape index (κ2) is 7.38. The molecule has 144 valence electrons. The number of rotatable bonds is 4. The number of pyridine rings is 1. The quantitative estimate of drug-likeness (QED) is 0.575. The number of fused-ring (bicyclic) bond motifs is 1. The van der Waals surface area contributed by atoms with Gasteiger partial charge in [-0.05, 0) is 67.0 Å². The molecule has 28 heavy (non-hydrogen) atoms. The van der Waals surface area contributed by atoms with Gasteiger partial charge in [0.2, 0.25) is 0 Å². The molecule has 0 aliphatic heterocycles. The lowest BCUT2D eigenvalue weighted by atomic mass is 9.64. The highest BCUT2D eigenvalue weighted by Crippen LogP contribution is 2.49. The van der Waals surface area contributed by atoms with Crippen molar-refractivity contribution in [2.75, 3.05) is 0 Å². The molecule has 0 unspecified atom stereocenters. The molecule has 0 N–H and O–H groups in total. The summed E-state index contributed by atoms with van der Waals surface area (Å²) in [5.41, 5.74) is 2.96. The fourth-order valence-electron chi connectivity index (χ4n) is 4.55. The Morgan fingerprint density at radius 3 is 2.50 bits per heavy atom. The van der Waals surface area contributed by atoms with Crippen molar-refractivity contribution in [1.29, 1.82) is 0 Å². The van der Waals surface area contributed by atoms with E-state index < -0.39 is 11.6 Å². The highest BCUT2D eigenvalue weighted by Gasteiger charge is 2.42. The van der Waals surface area contributed by atoms with Gasteiger partial charge in [0.25, 0.3) is 0 Å². The molecule has 0 saturated carbocycles. The molecule has 3 nitrogen and oxygen atoms in total. The number of aromatic nitrogens is 3. The third kappa shape index (κ3) is 2.89. The molecule has 0 bridgehead atoms. The highest BCUT2D eigenvalue weighted by atomic mass is 19.1. The number of benzene rings is 1. The predicted octanol–water partition coefficient (Wildman–Crippen LogP) is 5.80. The average molecular weight is 379 g/mol. The molecule has 5 heteroatoms. The van der Waals surface area contributed by atoms with Crippen molar-refractivity contribution < 1.29 is 8.78 Å². The molecule has 0 fully saturated rings. The van der Waals surface area contributed by atoms with E-state index in [-0.39, 0.29) is 16.7 Å². The van der Waals surface area contributed by atoms with E-state index in [2.05, 4.69) is 35.1 Å². The number of nitrogens with zero attached hydrogens (tertiary/aromatic N) is 3. The minimum Gasteiger partial charge on any atom is -0.264 e. The molecule has 3 aromatic rings. The Bertz CT molecular complexity index is 970. The van der Waals surface area contributed by atoms with Gasteiger partial charge in [-0.3, -0.25) is 4.98 Å². The van der Waals surface area contributed by atoms with Crippen LogP contribution in [0.3, 0.4) is 0 Å². The minimum atomic E-state index is -0.618. The second-order valence-corrected chi connectivity index (χ2v) is 7.45. The monoisotopic (exact) mass is 379 g/mol. The largest absolute Gasteiger partial charge is 0.264 e. The molecule has 2 atom stereocenters. The van der Waals surface area contributed by atoms with Gasteiger partial charge in [0.1, 0.15) is 11.6 Å². The Labute approximate surface area is 163 Å². The van der Waals surface area contributed by atoms with Gasteiger partial charge in [-0.2, -0.15) is 5.10 Å². The maximum atomic E-state index is 14.3. The zero-order chi connectivity index (χ0) is 19.7. The Morgan fingerprint density at radius 1 is 1.07 bits per heavy atom. The normalized spacial score (nSPS) is 21.4. The fourth-order valence-corrected chi connectivity index (χ4v) is 4.55. The van der Waals surface area contributed by atoms with E-state index in [1.807, 2.05) is 18.3 Å². The standard InChI is InChI=1S/C23H23F2N3/c1-3-15-10-11-23(4-2,16-7-6-12-26-14-16)22-17(15)13-20(27-28-22)21-18(24)8-5-9-19(21)25/h5-9,12-15H,3-4,10-11H2,1-2H3/t15-,23+/m0/s1. The van der Waals surface area contributed by atoms with E-state index >= 15 is 0 Å².